The average Bonchev–Trinajstić information content (AvgIpc) is 2.34. The van der Waals surface area contributed by atoms with E-state index in [9.17, 15) is 4.79 Å². The number of nitrogens with two attached hydrogens (primary N) is 2. The second kappa shape index (κ2) is 5.26. The fraction of sp³-hybridized carbons (Fsp3) is 0. The molecule has 2 aromatic carbocycles. The van der Waals surface area contributed by atoms with Crippen LogP contribution in [0.4, 0.5) is 5.69 Å². The van der Waals surface area contributed by atoms with Gasteiger partial charge in [0, 0.05) is 5.56 Å². The Kier molecular flexibility index (Phi) is 3.71. The van der Waals surface area contributed by atoms with Crippen molar-refractivity contribution in [1.82, 2.24) is 0 Å². The summed E-state index contributed by atoms with van der Waals surface area (Å²) in [7, 11) is 0. The number of primary amides is 1. The van der Waals surface area contributed by atoms with E-state index in [0.717, 1.165) is 9.32 Å². The zero-order valence-electron chi connectivity index (χ0n) is 9.39. The van der Waals surface area contributed by atoms with Gasteiger partial charge in [-0.3, -0.25) is 4.79 Å². The molecule has 0 bridgehead atoms. The molecule has 4 N–H and O–H groups in total. The molecule has 1 amide bonds. The van der Waals surface area contributed by atoms with Crippen molar-refractivity contribution in [2.24, 2.45) is 5.73 Å². The number of carbonyl (C=O) groups is 1. The van der Waals surface area contributed by atoms with Gasteiger partial charge in [0.2, 0.25) is 5.91 Å². The van der Waals surface area contributed by atoms with Gasteiger partial charge in [0.25, 0.3) is 0 Å². The molecule has 18 heavy (non-hydrogen) atoms. The van der Waals surface area contributed by atoms with Crippen molar-refractivity contribution in [3.63, 3.8) is 0 Å². The van der Waals surface area contributed by atoms with Gasteiger partial charge in [-0.2, -0.15) is 0 Å². The van der Waals surface area contributed by atoms with E-state index >= 15 is 0 Å². The number of benzene rings is 2. The molecule has 0 saturated carbocycles. The summed E-state index contributed by atoms with van der Waals surface area (Å²) in [5.41, 5.74) is 11.7. The van der Waals surface area contributed by atoms with Gasteiger partial charge in [-0.25, -0.2) is 0 Å². The van der Waals surface area contributed by atoms with Gasteiger partial charge in [0.05, 0.1) is 9.26 Å². The Labute approximate surface area is 118 Å². The first-order chi connectivity index (χ1) is 8.58. The standard InChI is InChI=1S/C13H11IN2O2/c14-9-3-1-2-4-11(9)18-12-6-5-8(13(16)17)7-10(12)15/h1-7H,15H2,(H2,16,17). The fourth-order valence-electron chi connectivity index (χ4n) is 1.44. The first kappa shape index (κ1) is 12.7. The van der Waals surface area contributed by atoms with Crippen LogP contribution in [0.3, 0.4) is 0 Å². The number of anilines is 1. The summed E-state index contributed by atoms with van der Waals surface area (Å²) in [6, 6.07) is 12.3. The van der Waals surface area contributed by atoms with E-state index in [1.165, 1.54) is 6.07 Å². The highest BCUT2D eigenvalue weighted by molar-refractivity contribution is 14.1. The molecule has 5 heteroatoms. The first-order valence-electron chi connectivity index (χ1n) is 5.19. The number of amides is 1. The first-order valence-corrected chi connectivity index (χ1v) is 6.27. The molecule has 0 atom stereocenters. The molecule has 4 nitrogen and oxygen atoms in total. The van der Waals surface area contributed by atoms with E-state index in [2.05, 4.69) is 22.6 Å². The number of hydrogen-bond donors (Lipinski definition) is 2. The Hall–Kier alpha value is -1.76. The van der Waals surface area contributed by atoms with E-state index in [0.29, 0.717) is 17.0 Å². The summed E-state index contributed by atoms with van der Waals surface area (Å²) in [5.74, 6) is 0.711. The summed E-state index contributed by atoms with van der Waals surface area (Å²) in [6.45, 7) is 0. The van der Waals surface area contributed by atoms with Crippen LogP contribution in [0.15, 0.2) is 42.5 Å². The largest absolute Gasteiger partial charge is 0.454 e. The van der Waals surface area contributed by atoms with Crippen molar-refractivity contribution in [1.29, 1.82) is 0 Å². The van der Waals surface area contributed by atoms with Crippen molar-refractivity contribution in [3.8, 4) is 11.5 Å². The van der Waals surface area contributed by atoms with Crippen LogP contribution >= 0.6 is 22.6 Å². The molecule has 2 rings (SSSR count). The Morgan fingerprint density at radius 1 is 1.11 bits per heavy atom. The maximum atomic E-state index is 11.0. The average molecular weight is 354 g/mol. The molecular formula is C13H11IN2O2. The number of rotatable bonds is 3. The maximum absolute atomic E-state index is 11.0. The SMILES string of the molecule is NC(=O)c1ccc(Oc2ccccc2I)c(N)c1. The van der Waals surface area contributed by atoms with Crippen molar-refractivity contribution < 1.29 is 9.53 Å². The van der Waals surface area contributed by atoms with Gasteiger partial charge in [-0.15, -0.1) is 0 Å². The Bertz CT molecular complexity index is 599. The fourth-order valence-corrected chi connectivity index (χ4v) is 1.94. The highest BCUT2D eigenvalue weighted by Gasteiger charge is 2.08. The van der Waals surface area contributed by atoms with Gasteiger partial charge in [0.1, 0.15) is 11.5 Å². The van der Waals surface area contributed by atoms with Crippen LogP contribution < -0.4 is 16.2 Å². The summed E-state index contributed by atoms with van der Waals surface area (Å²) in [4.78, 5) is 11.0. The minimum atomic E-state index is -0.512. The molecule has 0 heterocycles. The van der Waals surface area contributed by atoms with Crippen LogP contribution in [-0.2, 0) is 0 Å². The molecule has 0 fully saturated rings. The second-order valence-corrected chi connectivity index (χ2v) is 4.81. The Morgan fingerprint density at radius 3 is 2.44 bits per heavy atom. The van der Waals surface area contributed by atoms with E-state index in [1.807, 2.05) is 24.3 Å². The van der Waals surface area contributed by atoms with Crippen molar-refractivity contribution in [2.45, 2.75) is 0 Å². The summed E-state index contributed by atoms with van der Waals surface area (Å²) < 4.78 is 6.67. The minimum absolute atomic E-state index is 0.364. The van der Waals surface area contributed by atoms with Crippen LogP contribution in [0.1, 0.15) is 10.4 Å². The summed E-state index contributed by atoms with van der Waals surface area (Å²) in [6.07, 6.45) is 0. The van der Waals surface area contributed by atoms with Gasteiger partial charge in [0.15, 0.2) is 0 Å². The number of hydrogen-bond acceptors (Lipinski definition) is 3. The molecule has 0 aliphatic rings. The third kappa shape index (κ3) is 2.73. The zero-order chi connectivity index (χ0) is 13.1. The molecule has 0 spiro atoms. The second-order valence-electron chi connectivity index (χ2n) is 3.65. The van der Waals surface area contributed by atoms with Gasteiger partial charge in [-0.1, -0.05) is 12.1 Å². The quantitative estimate of drug-likeness (QED) is 0.657. The highest BCUT2D eigenvalue weighted by atomic mass is 127. The number of halogens is 1. The molecular weight excluding hydrogens is 343 g/mol. The lowest BCUT2D eigenvalue weighted by Crippen LogP contribution is -2.11. The Morgan fingerprint density at radius 2 is 1.83 bits per heavy atom. The number of nitrogen functional groups attached to an aromatic ring is 1. The van der Waals surface area contributed by atoms with Crippen LogP contribution in [0.5, 0.6) is 11.5 Å². The third-order valence-electron chi connectivity index (χ3n) is 2.35. The maximum Gasteiger partial charge on any atom is 0.248 e. The topological polar surface area (TPSA) is 78.3 Å². The Balaban J connectivity index is 2.30. The molecule has 92 valence electrons. The van der Waals surface area contributed by atoms with Crippen LogP contribution in [0, 0.1) is 3.57 Å². The lowest BCUT2D eigenvalue weighted by Gasteiger charge is -2.10. The zero-order valence-corrected chi connectivity index (χ0v) is 11.5. The van der Waals surface area contributed by atoms with Crippen molar-refractivity contribution in [3.05, 3.63) is 51.6 Å². The number of carbonyl (C=O) groups excluding carboxylic acids is 1. The predicted octanol–water partition coefficient (Wildman–Crippen LogP) is 2.76. The van der Waals surface area contributed by atoms with E-state index < -0.39 is 5.91 Å². The highest BCUT2D eigenvalue weighted by Crippen LogP contribution is 2.30. The molecule has 0 aliphatic heterocycles. The smallest absolute Gasteiger partial charge is 0.248 e. The van der Waals surface area contributed by atoms with Crippen LogP contribution in [0.25, 0.3) is 0 Å². The van der Waals surface area contributed by atoms with Gasteiger partial charge < -0.3 is 16.2 Å². The van der Waals surface area contributed by atoms with E-state index in [1.54, 1.807) is 12.1 Å². The molecule has 0 radical (unpaired) electrons. The molecule has 2 aromatic rings. The van der Waals surface area contributed by atoms with E-state index in [-0.39, 0.29) is 0 Å². The molecule has 0 saturated heterocycles. The van der Waals surface area contributed by atoms with Crippen LogP contribution in [0.2, 0.25) is 0 Å². The van der Waals surface area contributed by atoms with Crippen molar-refractivity contribution >= 4 is 34.2 Å². The van der Waals surface area contributed by atoms with Gasteiger partial charge in [-0.05, 0) is 52.9 Å². The monoisotopic (exact) mass is 354 g/mol. The summed E-state index contributed by atoms with van der Waals surface area (Å²) >= 11 is 2.18. The van der Waals surface area contributed by atoms with Crippen molar-refractivity contribution in [2.75, 3.05) is 5.73 Å². The molecule has 0 aliphatic carbocycles. The summed E-state index contributed by atoms with van der Waals surface area (Å²) in [5, 5.41) is 0. The third-order valence-corrected chi connectivity index (χ3v) is 3.24. The van der Waals surface area contributed by atoms with E-state index in [4.69, 9.17) is 16.2 Å². The molecule has 0 unspecified atom stereocenters. The predicted molar refractivity (Wildman–Crippen MR) is 78.6 cm³/mol. The van der Waals surface area contributed by atoms with Gasteiger partial charge >= 0.3 is 0 Å². The number of para-hydroxylation sites is 1. The normalized spacial score (nSPS) is 10.1. The van der Waals surface area contributed by atoms with Crippen LogP contribution in [-0.4, -0.2) is 5.91 Å². The lowest BCUT2D eigenvalue weighted by atomic mass is 10.2. The number of ether oxygens (including phenoxy) is 1. The molecule has 0 aromatic heterocycles. The lowest BCUT2D eigenvalue weighted by molar-refractivity contribution is 0.100. The minimum Gasteiger partial charge on any atom is -0.454 e.